The van der Waals surface area contributed by atoms with Crippen molar-refractivity contribution in [2.45, 2.75) is 315 Å². The molecule has 2 atom stereocenters. The molecule has 0 bridgehead atoms. The molecule has 372 valence electrons. The van der Waals surface area contributed by atoms with E-state index in [0.717, 1.165) is 44.9 Å². The van der Waals surface area contributed by atoms with Crippen molar-refractivity contribution < 1.29 is 24.5 Å². The van der Waals surface area contributed by atoms with Crippen molar-refractivity contribution in [3.8, 4) is 0 Å². The minimum absolute atomic E-state index is 0.00540. The fraction of sp³-hybridized carbons (Fsp3) is 0.895. The Balaban J connectivity index is 3.34. The molecule has 0 saturated heterocycles. The van der Waals surface area contributed by atoms with E-state index in [1.54, 1.807) is 6.08 Å². The molecule has 0 aromatic heterocycles. The molecule has 0 aromatic rings. The molecule has 1 amide bonds. The zero-order valence-electron chi connectivity index (χ0n) is 42.3. The number of hydrogen-bond acceptors (Lipinski definition) is 5. The smallest absolute Gasteiger partial charge is 0.305 e. The van der Waals surface area contributed by atoms with Crippen LogP contribution in [0, 0.1) is 0 Å². The van der Waals surface area contributed by atoms with Gasteiger partial charge in [0, 0.05) is 12.8 Å². The topological polar surface area (TPSA) is 95.9 Å². The minimum atomic E-state index is -0.840. The number of aliphatic hydroxyl groups is 2. The van der Waals surface area contributed by atoms with Gasteiger partial charge in [-0.05, 0) is 51.4 Å². The Labute approximate surface area is 392 Å². The van der Waals surface area contributed by atoms with Crippen LogP contribution < -0.4 is 5.32 Å². The highest BCUT2D eigenvalue weighted by Crippen LogP contribution is 2.17. The molecule has 6 nitrogen and oxygen atoms in total. The molecule has 63 heavy (non-hydrogen) atoms. The minimum Gasteiger partial charge on any atom is -0.466 e. The van der Waals surface area contributed by atoms with Gasteiger partial charge in [0.15, 0.2) is 0 Å². The summed E-state index contributed by atoms with van der Waals surface area (Å²) in [7, 11) is 0. The van der Waals surface area contributed by atoms with E-state index in [0.29, 0.717) is 19.4 Å². The Morgan fingerprint density at radius 2 is 0.762 bits per heavy atom. The summed E-state index contributed by atoms with van der Waals surface area (Å²) >= 11 is 0. The second kappa shape index (κ2) is 53.0. The van der Waals surface area contributed by atoms with E-state index in [1.165, 1.54) is 231 Å². The summed E-state index contributed by atoms with van der Waals surface area (Å²) in [5.41, 5.74) is 0. The van der Waals surface area contributed by atoms with Crippen LogP contribution in [0.5, 0.6) is 0 Å². The average Bonchev–Trinajstić information content (AvgIpc) is 3.28. The first-order valence-electron chi connectivity index (χ1n) is 28.1. The first-order valence-corrected chi connectivity index (χ1v) is 28.1. The Morgan fingerprint density at radius 1 is 0.429 bits per heavy atom. The van der Waals surface area contributed by atoms with Crippen LogP contribution in [0.3, 0.4) is 0 Å². The van der Waals surface area contributed by atoms with Gasteiger partial charge >= 0.3 is 5.97 Å². The van der Waals surface area contributed by atoms with Crippen molar-refractivity contribution in [1.82, 2.24) is 5.32 Å². The van der Waals surface area contributed by atoms with Gasteiger partial charge in [0.25, 0.3) is 0 Å². The molecule has 0 rings (SSSR count). The summed E-state index contributed by atoms with van der Waals surface area (Å²) in [6.45, 7) is 4.84. The summed E-state index contributed by atoms with van der Waals surface area (Å²) in [6.07, 6.45) is 63.6. The van der Waals surface area contributed by atoms with Gasteiger partial charge in [-0.1, -0.05) is 263 Å². The Bertz CT molecular complexity index is 982. The molecule has 0 saturated carbocycles. The van der Waals surface area contributed by atoms with Crippen LogP contribution in [0.1, 0.15) is 303 Å². The van der Waals surface area contributed by atoms with Gasteiger partial charge in [0.1, 0.15) is 0 Å². The summed E-state index contributed by atoms with van der Waals surface area (Å²) in [4.78, 5) is 24.4. The van der Waals surface area contributed by atoms with Crippen LogP contribution >= 0.6 is 0 Å². The van der Waals surface area contributed by atoms with Crippen molar-refractivity contribution in [2.75, 3.05) is 13.2 Å². The maximum atomic E-state index is 12.4. The predicted octanol–water partition coefficient (Wildman–Crippen LogP) is 17.1. The van der Waals surface area contributed by atoms with Crippen LogP contribution in [-0.2, 0) is 14.3 Å². The monoisotopic (exact) mass is 888 g/mol. The zero-order chi connectivity index (χ0) is 45.8. The number of amides is 1. The third-order valence-electron chi connectivity index (χ3n) is 13.0. The van der Waals surface area contributed by atoms with Crippen LogP contribution in [0.15, 0.2) is 24.3 Å². The summed E-state index contributed by atoms with van der Waals surface area (Å²) in [5, 5.41) is 22.9. The van der Waals surface area contributed by atoms with E-state index in [-0.39, 0.29) is 18.5 Å². The third kappa shape index (κ3) is 49.6. The van der Waals surface area contributed by atoms with E-state index in [9.17, 15) is 19.8 Å². The van der Waals surface area contributed by atoms with Crippen LogP contribution in [-0.4, -0.2) is 47.4 Å². The number of nitrogens with one attached hydrogen (secondary N) is 1. The largest absolute Gasteiger partial charge is 0.466 e. The summed E-state index contributed by atoms with van der Waals surface area (Å²) in [6, 6.07) is -0.623. The lowest BCUT2D eigenvalue weighted by Crippen LogP contribution is -2.45. The fourth-order valence-corrected chi connectivity index (χ4v) is 8.62. The molecule has 0 aliphatic carbocycles. The van der Waals surface area contributed by atoms with Gasteiger partial charge in [0.05, 0.1) is 25.4 Å². The second-order valence-electron chi connectivity index (χ2n) is 19.3. The van der Waals surface area contributed by atoms with E-state index >= 15 is 0 Å². The molecule has 2 unspecified atom stereocenters. The van der Waals surface area contributed by atoms with Crippen LogP contribution in [0.25, 0.3) is 0 Å². The zero-order valence-corrected chi connectivity index (χ0v) is 42.3. The van der Waals surface area contributed by atoms with E-state index in [1.807, 2.05) is 6.08 Å². The van der Waals surface area contributed by atoms with Crippen molar-refractivity contribution in [3.63, 3.8) is 0 Å². The van der Waals surface area contributed by atoms with Gasteiger partial charge in [-0.25, -0.2) is 0 Å². The molecule has 0 heterocycles. The van der Waals surface area contributed by atoms with Crippen molar-refractivity contribution >= 4 is 11.9 Å². The van der Waals surface area contributed by atoms with Gasteiger partial charge in [-0.15, -0.1) is 0 Å². The number of allylic oxidation sites excluding steroid dienone is 3. The third-order valence-corrected chi connectivity index (χ3v) is 13.0. The first-order chi connectivity index (χ1) is 31.0. The van der Waals surface area contributed by atoms with Crippen LogP contribution in [0.2, 0.25) is 0 Å². The lowest BCUT2D eigenvalue weighted by atomic mass is 10.0. The Morgan fingerprint density at radius 3 is 1.17 bits per heavy atom. The van der Waals surface area contributed by atoms with E-state index in [4.69, 9.17) is 4.74 Å². The number of hydrogen-bond donors (Lipinski definition) is 3. The maximum absolute atomic E-state index is 12.4. The number of esters is 1. The van der Waals surface area contributed by atoms with Gasteiger partial charge in [-0.2, -0.15) is 0 Å². The molecule has 0 aliphatic rings. The van der Waals surface area contributed by atoms with Crippen LogP contribution in [0.4, 0.5) is 0 Å². The molecule has 0 fully saturated rings. The molecule has 0 radical (unpaired) electrons. The highest BCUT2D eigenvalue weighted by molar-refractivity contribution is 5.76. The molecule has 6 heteroatoms. The lowest BCUT2D eigenvalue weighted by Gasteiger charge is -2.20. The second-order valence-corrected chi connectivity index (χ2v) is 19.3. The van der Waals surface area contributed by atoms with E-state index in [2.05, 4.69) is 31.3 Å². The molecule has 0 spiro atoms. The number of rotatable bonds is 52. The number of ether oxygens (including phenoxy) is 1. The SMILES string of the molecule is CCCC/C=C\CCCCCCCC(=O)OCCCCCCCCCCCCCCCCCCCCCCCCCCCCC(=O)NC(CO)C(O)/C=C/CCCCCCCCC. The number of unbranched alkanes of at least 4 members (excludes halogenated alkanes) is 39. The first kappa shape index (κ1) is 61.3. The standard InChI is InChI=1S/C57H109NO5/c1-3-5-7-9-11-13-30-35-39-43-47-51-57(62)63-52-48-44-40-36-32-29-27-25-23-21-19-17-15-14-16-18-20-22-24-26-28-31-34-38-42-46-50-56(61)58-54(53-59)55(60)49-45-41-37-33-12-10-8-6-4-2/h9,11,45,49,54-55,59-60H,3-8,10,12-44,46-48,50-53H2,1-2H3,(H,58,61)/b11-9-,49-45+. The highest BCUT2D eigenvalue weighted by atomic mass is 16.5. The Hall–Kier alpha value is -1.66. The lowest BCUT2D eigenvalue weighted by molar-refractivity contribution is -0.143. The van der Waals surface area contributed by atoms with Crippen molar-refractivity contribution in [1.29, 1.82) is 0 Å². The normalized spacial score (nSPS) is 12.8. The summed E-state index contributed by atoms with van der Waals surface area (Å²) < 4.78 is 5.46. The predicted molar refractivity (Wildman–Crippen MR) is 273 cm³/mol. The van der Waals surface area contributed by atoms with E-state index < -0.39 is 12.1 Å². The number of carbonyl (C=O) groups is 2. The van der Waals surface area contributed by atoms with Crippen molar-refractivity contribution in [2.24, 2.45) is 0 Å². The molecule has 0 aromatic carbocycles. The Kier molecular flexibility index (Phi) is 51.6. The highest BCUT2D eigenvalue weighted by Gasteiger charge is 2.18. The van der Waals surface area contributed by atoms with Gasteiger partial charge in [0.2, 0.25) is 5.91 Å². The van der Waals surface area contributed by atoms with Crippen molar-refractivity contribution in [3.05, 3.63) is 24.3 Å². The van der Waals surface area contributed by atoms with Gasteiger partial charge < -0.3 is 20.3 Å². The number of carbonyl (C=O) groups excluding carboxylic acids is 2. The fourth-order valence-electron chi connectivity index (χ4n) is 8.62. The summed E-state index contributed by atoms with van der Waals surface area (Å²) in [5.74, 6) is -0.0627. The molecule has 3 N–H and O–H groups in total. The van der Waals surface area contributed by atoms with Gasteiger partial charge in [-0.3, -0.25) is 9.59 Å². The maximum Gasteiger partial charge on any atom is 0.305 e. The quantitative estimate of drug-likeness (QED) is 0.0321. The molecule has 0 aliphatic heterocycles. The molecular weight excluding hydrogens is 779 g/mol. The number of aliphatic hydroxyl groups excluding tert-OH is 2. The molecular formula is C57H109NO5. The average molecular weight is 889 g/mol.